The average Bonchev–Trinajstić information content (AvgIpc) is 2.26. The Hall–Kier alpha value is 0.400. The van der Waals surface area contributed by atoms with Crippen molar-refractivity contribution in [3.63, 3.8) is 0 Å². The van der Waals surface area contributed by atoms with Gasteiger partial charge in [-0.1, -0.05) is 0 Å². The molecular formula is C13H29ClNO3P. The smallest absolute Gasteiger partial charge is 0.317 e. The highest BCUT2D eigenvalue weighted by Crippen LogP contribution is 2.51. The number of hydrogen-bond donors (Lipinski definition) is 1. The van der Waals surface area contributed by atoms with Crippen molar-refractivity contribution in [3.05, 3.63) is 0 Å². The molecule has 0 bridgehead atoms. The second kappa shape index (κ2) is 9.36. The van der Waals surface area contributed by atoms with E-state index in [9.17, 15) is 4.57 Å². The Morgan fingerprint density at radius 2 is 1.58 bits per heavy atom. The number of nitrogens with one attached hydrogen (secondary N) is 1. The van der Waals surface area contributed by atoms with Gasteiger partial charge in [-0.15, -0.1) is 12.4 Å². The molecule has 6 heteroatoms. The van der Waals surface area contributed by atoms with E-state index in [1.54, 1.807) is 0 Å². The van der Waals surface area contributed by atoms with E-state index in [4.69, 9.17) is 9.05 Å². The van der Waals surface area contributed by atoms with E-state index in [0.29, 0.717) is 12.1 Å². The number of piperidine rings is 1. The Labute approximate surface area is 124 Å². The van der Waals surface area contributed by atoms with Gasteiger partial charge in [-0.05, 0) is 66.0 Å². The van der Waals surface area contributed by atoms with Crippen LogP contribution in [-0.4, -0.2) is 31.5 Å². The second-order valence-electron chi connectivity index (χ2n) is 5.62. The van der Waals surface area contributed by atoms with E-state index in [2.05, 4.69) is 5.32 Å². The maximum atomic E-state index is 12.6. The van der Waals surface area contributed by atoms with Crippen molar-refractivity contribution in [2.24, 2.45) is 5.92 Å². The molecule has 1 aliphatic heterocycles. The summed E-state index contributed by atoms with van der Waals surface area (Å²) in [6.45, 7) is 9.76. The summed E-state index contributed by atoms with van der Waals surface area (Å²) in [6, 6.07) is 0. The maximum Gasteiger partial charge on any atom is 0.331 e. The first-order valence-electron chi connectivity index (χ1n) is 7.08. The van der Waals surface area contributed by atoms with E-state index in [1.807, 2.05) is 27.7 Å². The zero-order valence-corrected chi connectivity index (χ0v) is 14.3. The van der Waals surface area contributed by atoms with E-state index >= 15 is 0 Å². The second-order valence-corrected chi connectivity index (χ2v) is 7.72. The summed E-state index contributed by atoms with van der Waals surface area (Å²) in [5.41, 5.74) is 0. The Morgan fingerprint density at radius 3 is 2.00 bits per heavy atom. The molecule has 0 amide bonds. The molecular weight excluding hydrogens is 285 g/mol. The van der Waals surface area contributed by atoms with Crippen molar-refractivity contribution in [2.75, 3.05) is 19.3 Å². The Kier molecular flexibility index (Phi) is 9.55. The Morgan fingerprint density at radius 1 is 1.11 bits per heavy atom. The van der Waals surface area contributed by atoms with E-state index in [0.717, 1.165) is 19.5 Å². The van der Waals surface area contributed by atoms with Crippen LogP contribution in [0.4, 0.5) is 0 Å². The summed E-state index contributed by atoms with van der Waals surface area (Å²) >= 11 is 0. The summed E-state index contributed by atoms with van der Waals surface area (Å²) < 4.78 is 23.7. The molecule has 1 saturated heterocycles. The van der Waals surface area contributed by atoms with Crippen LogP contribution >= 0.6 is 20.0 Å². The summed E-state index contributed by atoms with van der Waals surface area (Å²) in [5.74, 6) is 0.658. The predicted octanol–water partition coefficient (Wildman–Crippen LogP) is 3.84. The molecule has 4 nitrogen and oxygen atoms in total. The molecule has 1 fully saturated rings. The van der Waals surface area contributed by atoms with Crippen LogP contribution in [0, 0.1) is 5.92 Å². The molecule has 19 heavy (non-hydrogen) atoms. The molecule has 0 aromatic carbocycles. The molecule has 0 atom stereocenters. The zero-order valence-electron chi connectivity index (χ0n) is 12.6. The third-order valence-electron chi connectivity index (χ3n) is 3.01. The monoisotopic (exact) mass is 313 g/mol. The third kappa shape index (κ3) is 8.31. The molecule has 0 aromatic heterocycles. The summed E-state index contributed by atoms with van der Waals surface area (Å²) in [5, 5.41) is 3.34. The lowest BCUT2D eigenvalue weighted by Gasteiger charge is -2.26. The molecule has 0 unspecified atom stereocenters. The fourth-order valence-electron chi connectivity index (χ4n) is 2.28. The molecule has 1 aliphatic rings. The quantitative estimate of drug-likeness (QED) is 0.725. The van der Waals surface area contributed by atoms with Crippen molar-refractivity contribution in [3.8, 4) is 0 Å². The van der Waals surface area contributed by atoms with Gasteiger partial charge in [0.1, 0.15) is 0 Å². The molecule has 116 valence electrons. The minimum Gasteiger partial charge on any atom is -0.317 e. The lowest BCUT2D eigenvalue weighted by molar-refractivity contribution is 0.141. The molecule has 0 spiro atoms. The zero-order chi connectivity index (χ0) is 13.6. The van der Waals surface area contributed by atoms with Crippen LogP contribution in [-0.2, 0) is 13.6 Å². The van der Waals surface area contributed by atoms with Crippen LogP contribution < -0.4 is 5.32 Å². The highest BCUT2D eigenvalue weighted by atomic mass is 35.5. The van der Waals surface area contributed by atoms with Crippen LogP contribution in [0.2, 0.25) is 0 Å². The normalized spacial score (nSPS) is 17.8. The molecule has 0 radical (unpaired) electrons. The summed E-state index contributed by atoms with van der Waals surface area (Å²) in [4.78, 5) is 0. The number of halogens is 1. The molecule has 1 heterocycles. The van der Waals surface area contributed by atoms with Crippen molar-refractivity contribution in [1.29, 1.82) is 0 Å². The first-order valence-corrected chi connectivity index (χ1v) is 8.80. The number of hydrogen-bond acceptors (Lipinski definition) is 4. The molecule has 0 aromatic rings. The predicted molar refractivity (Wildman–Crippen MR) is 82.4 cm³/mol. The molecule has 1 rings (SSSR count). The van der Waals surface area contributed by atoms with Gasteiger partial charge in [0.05, 0.1) is 18.4 Å². The molecule has 0 aliphatic carbocycles. The SMILES string of the molecule is CC(C)OP(=O)(CCC1CCNCC1)OC(C)C.Cl. The fraction of sp³-hybridized carbons (Fsp3) is 1.00. The van der Waals surface area contributed by atoms with Gasteiger partial charge in [-0.2, -0.15) is 0 Å². The molecule has 0 saturated carbocycles. The van der Waals surface area contributed by atoms with Crippen molar-refractivity contribution in [1.82, 2.24) is 5.32 Å². The molecule has 1 N–H and O–H groups in total. The van der Waals surface area contributed by atoms with Gasteiger partial charge >= 0.3 is 7.60 Å². The van der Waals surface area contributed by atoms with Gasteiger partial charge in [0.25, 0.3) is 0 Å². The van der Waals surface area contributed by atoms with Gasteiger partial charge < -0.3 is 14.4 Å². The van der Waals surface area contributed by atoms with Crippen LogP contribution in [0.3, 0.4) is 0 Å². The van der Waals surface area contributed by atoms with E-state index in [1.165, 1.54) is 12.8 Å². The highest BCUT2D eigenvalue weighted by Gasteiger charge is 2.29. The minimum absolute atomic E-state index is 0. The van der Waals surface area contributed by atoms with Crippen LogP contribution in [0.15, 0.2) is 0 Å². The van der Waals surface area contributed by atoms with Crippen LogP contribution in [0.5, 0.6) is 0 Å². The van der Waals surface area contributed by atoms with Crippen molar-refractivity contribution in [2.45, 2.75) is 59.2 Å². The van der Waals surface area contributed by atoms with Crippen LogP contribution in [0.25, 0.3) is 0 Å². The van der Waals surface area contributed by atoms with Gasteiger partial charge in [-0.25, -0.2) is 0 Å². The fourth-order valence-corrected chi connectivity index (χ4v) is 4.51. The summed E-state index contributed by atoms with van der Waals surface area (Å²) in [6.07, 6.45) is 3.73. The van der Waals surface area contributed by atoms with Gasteiger partial charge in [0.15, 0.2) is 0 Å². The maximum absolute atomic E-state index is 12.6. The van der Waals surface area contributed by atoms with Gasteiger partial charge in [0, 0.05) is 0 Å². The topological polar surface area (TPSA) is 47.6 Å². The Balaban J connectivity index is 0.00000324. The van der Waals surface area contributed by atoms with E-state index < -0.39 is 7.60 Å². The average molecular weight is 314 g/mol. The minimum atomic E-state index is -2.92. The first kappa shape index (κ1) is 19.4. The summed E-state index contributed by atoms with van der Waals surface area (Å²) in [7, 11) is -2.92. The highest BCUT2D eigenvalue weighted by molar-refractivity contribution is 7.53. The first-order chi connectivity index (χ1) is 8.41. The number of rotatable bonds is 7. The van der Waals surface area contributed by atoms with Crippen molar-refractivity contribution >= 4 is 20.0 Å². The Bertz CT molecular complexity index is 267. The van der Waals surface area contributed by atoms with E-state index in [-0.39, 0.29) is 24.6 Å². The standard InChI is InChI=1S/C13H28NO3P.ClH/c1-11(2)16-18(15,17-12(3)4)10-7-13-5-8-14-9-6-13;/h11-14H,5-10H2,1-4H3;1H. The third-order valence-corrected chi connectivity index (χ3v) is 5.30. The van der Waals surface area contributed by atoms with Crippen molar-refractivity contribution < 1.29 is 13.6 Å². The van der Waals surface area contributed by atoms with Crippen LogP contribution in [0.1, 0.15) is 47.0 Å². The van der Waals surface area contributed by atoms with Gasteiger partial charge in [0.2, 0.25) is 0 Å². The largest absolute Gasteiger partial charge is 0.331 e. The lowest BCUT2D eigenvalue weighted by atomic mass is 9.96. The van der Waals surface area contributed by atoms with Gasteiger partial charge in [-0.3, -0.25) is 4.57 Å². The lowest BCUT2D eigenvalue weighted by Crippen LogP contribution is -2.28.